The highest BCUT2D eigenvalue weighted by Crippen LogP contribution is 2.34. The molecule has 2 aliphatic rings. The number of hydrogen-bond acceptors (Lipinski definition) is 2. The molecule has 2 atom stereocenters. The zero-order valence-electron chi connectivity index (χ0n) is 10.4. The Balaban J connectivity index is 1.95. The molecule has 19 heavy (non-hydrogen) atoms. The van der Waals surface area contributed by atoms with Gasteiger partial charge in [0.25, 0.3) is 0 Å². The van der Waals surface area contributed by atoms with E-state index in [1.165, 1.54) is 4.90 Å². The van der Waals surface area contributed by atoms with Gasteiger partial charge in [0.2, 0.25) is 5.91 Å². The van der Waals surface area contributed by atoms with E-state index in [0.717, 1.165) is 25.7 Å². The number of halogens is 1. The predicted molar refractivity (Wildman–Crippen MR) is 73.2 cm³/mol. The first-order valence-electron chi connectivity index (χ1n) is 6.57. The first-order chi connectivity index (χ1) is 9.18. The summed E-state index contributed by atoms with van der Waals surface area (Å²) in [6.45, 7) is 0. The van der Waals surface area contributed by atoms with Gasteiger partial charge in [0.05, 0.1) is 16.6 Å². The van der Waals surface area contributed by atoms with Gasteiger partial charge in [-0.05, 0) is 25.0 Å². The van der Waals surface area contributed by atoms with E-state index < -0.39 is 0 Å². The Bertz CT molecular complexity index is 532. The summed E-state index contributed by atoms with van der Waals surface area (Å²) < 4.78 is 0. The van der Waals surface area contributed by atoms with E-state index in [0.29, 0.717) is 10.7 Å². The van der Waals surface area contributed by atoms with E-state index in [1.54, 1.807) is 24.3 Å². The summed E-state index contributed by atoms with van der Waals surface area (Å²) in [5, 5.41) is 3.35. The maximum absolute atomic E-state index is 12.5. The van der Waals surface area contributed by atoms with E-state index in [-0.39, 0.29) is 23.9 Å². The van der Waals surface area contributed by atoms with Gasteiger partial charge < -0.3 is 5.32 Å². The zero-order valence-corrected chi connectivity index (χ0v) is 11.2. The molecule has 1 heterocycles. The van der Waals surface area contributed by atoms with Crippen LogP contribution in [0.5, 0.6) is 0 Å². The van der Waals surface area contributed by atoms with Crippen LogP contribution in [-0.2, 0) is 4.79 Å². The van der Waals surface area contributed by atoms with E-state index in [4.69, 9.17) is 11.6 Å². The second-order valence-corrected chi connectivity index (χ2v) is 5.48. The lowest BCUT2D eigenvalue weighted by atomic mass is 9.82. The molecule has 0 spiro atoms. The van der Waals surface area contributed by atoms with Gasteiger partial charge >= 0.3 is 6.03 Å². The maximum atomic E-state index is 12.5. The Morgan fingerprint density at radius 3 is 2.68 bits per heavy atom. The minimum Gasteiger partial charge on any atom is -0.334 e. The highest BCUT2D eigenvalue weighted by Gasteiger charge is 2.43. The average molecular weight is 279 g/mol. The molecule has 1 aromatic rings. The van der Waals surface area contributed by atoms with Crippen molar-refractivity contribution >= 4 is 29.2 Å². The Kier molecular flexibility index (Phi) is 3.19. The largest absolute Gasteiger partial charge is 0.334 e. The standard InChI is InChI=1S/C14H15ClN2O2/c15-10-6-2-4-8-12(10)17-13(18)9-5-1-3-7-11(9)16-14(17)19/h2,4,6,8-9,11H,1,3,5,7H2,(H,16,19). The first-order valence-corrected chi connectivity index (χ1v) is 6.95. The summed E-state index contributed by atoms with van der Waals surface area (Å²) in [6.07, 6.45) is 3.84. The summed E-state index contributed by atoms with van der Waals surface area (Å²) in [7, 11) is 0. The van der Waals surface area contributed by atoms with Gasteiger partial charge in [-0.2, -0.15) is 0 Å². The molecule has 2 fully saturated rings. The number of nitrogens with zero attached hydrogens (tertiary/aromatic N) is 1. The second-order valence-electron chi connectivity index (χ2n) is 5.07. The van der Waals surface area contributed by atoms with Crippen LogP contribution >= 0.6 is 11.6 Å². The highest BCUT2D eigenvalue weighted by molar-refractivity contribution is 6.35. The van der Waals surface area contributed by atoms with Crippen LogP contribution in [-0.4, -0.2) is 18.0 Å². The van der Waals surface area contributed by atoms with Gasteiger partial charge in [0.15, 0.2) is 0 Å². The smallest absolute Gasteiger partial charge is 0.329 e. The van der Waals surface area contributed by atoms with Crippen LogP contribution in [0.15, 0.2) is 24.3 Å². The van der Waals surface area contributed by atoms with Crippen LogP contribution in [0.1, 0.15) is 25.7 Å². The van der Waals surface area contributed by atoms with Crippen molar-refractivity contribution in [1.82, 2.24) is 5.32 Å². The monoisotopic (exact) mass is 278 g/mol. The number of rotatable bonds is 1. The molecule has 3 rings (SSSR count). The Labute approximate surface area is 116 Å². The molecule has 0 radical (unpaired) electrons. The van der Waals surface area contributed by atoms with E-state index in [9.17, 15) is 9.59 Å². The molecule has 1 saturated heterocycles. The molecule has 0 aromatic heterocycles. The third-order valence-corrected chi connectivity index (χ3v) is 4.23. The Hall–Kier alpha value is -1.55. The van der Waals surface area contributed by atoms with E-state index >= 15 is 0 Å². The highest BCUT2D eigenvalue weighted by atomic mass is 35.5. The van der Waals surface area contributed by atoms with Crippen LogP contribution in [0.4, 0.5) is 10.5 Å². The van der Waals surface area contributed by atoms with Gasteiger partial charge in [-0.3, -0.25) is 4.79 Å². The molecule has 4 nitrogen and oxygen atoms in total. The number of fused-ring (bicyclic) bond motifs is 1. The van der Waals surface area contributed by atoms with Gasteiger partial charge in [-0.1, -0.05) is 36.6 Å². The lowest BCUT2D eigenvalue weighted by Crippen LogP contribution is -2.61. The number of amides is 3. The average Bonchev–Trinajstić information content (AvgIpc) is 2.41. The van der Waals surface area contributed by atoms with Crippen molar-refractivity contribution in [2.24, 2.45) is 5.92 Å². The van der Waals surface area contributed by atoms with Crippen LogP contribution in [0.25, 0.3) is 0 Å². The maximum Gasteiger partial charge on any atom is 0.329 e. The first kappa shape index (κ1) is 12.5. The van der Waals surface area contributed by atoms with Crippen LogP contribution in [0.2, 0.25) is 5.02 Å². The number of nitrogens with one attached hydrogen (secondary N) is 1. The molecule has 1 saturated carbocycles. The number of urea groups is 1. The van der Waals surface area contributed by atoms with Crippen molar-refractivity contribution in [1.29, 1.82) is 0 Å². The molecule has 1 aliphatic heterocycles. The molecule has 1 aromatic carbocycles. The number of benzene rings is 1. The normalized spacial score (nSPS) is 26.9. The quantitative estimate of drug-likeness (QED) is 0.859. The third-order valence-electron chi connectivity index (χ3n) is 3.91. The SMILES string of the molecule is O=C1NC2CCCCC2C(=O)N1c1ccccc1Cl. The number of carbonyl (C=O) groups is 2. The number of hydrogen-bond donors (Lipinski definition) is 1. The summed E-state index contributed by atoms with van der Waals surface area (Å²) in [4.78, 5) is 25.9. The van der Waals surface area contributed by atoms with E-state index in [1.807, 2.05) is 0 Å². The minimum atomic E-state index is -0.360. The van der Waals surface area contributed by atoms with Crippen molar-refractivity contribution in [3.63, 3.8) is 0 Å². The van der Waals surface area contributed by atoms with Gasteiger partial charge in [0, 0.05) is 6.04 Å². The molecular weight excluding hydrogens is 264 g/mol. The molecule has 1 N–H and O–H groups in total. The number of para-hydroxylation sites is 1. The van der Waals surface area contributed by atoms with Crippen LogP contribution in [0.3, 0.4) is 0 Å². The number of anilines is 1. The summed E-state index contributed by atoms with van der Waals surface area (Å²) in [5.41, 5.74) is 0.468. The van der Waals surface area contributed by atoms with E-state index in [2.05, 4.69) is 5.32 Å². The van der Waals surface area contributed by atoms with Crippen molar-refractivity contribution in [3.8, 4) is 0 Å². The Morgan fingerprint density at radius 1 is 1.16 bits per heavy atom. The lowest BCUT2D eigenvalue weighted by Gasteiger charge is -2.40. The molecule has 5 heteroatoms. The number of imide groups is 1. The zero-order chi connectivity index (χ0) is 13.4. The summed E-state index contributed by atoms with van der Waals surface area (Å²) in [5.74, 6) is -0.232. The molecule has 100 valence electrons. The molecular formula is C14H15ClN2O2. The van der Waals surface area contributed by atoms with Gasteiger partial charge in [-0.25, -0.2) is 9.69 Å². The van der Waals surface area contributed by atoms with Gasteiger partial charge in [-0.15, -0.1) is 0 Å². The summed E-state index contributed by atoms with van der Waals surface area (Å²) >= 11 is 6.09. The lowest BCUT2D eigenvalue weighted by molar-refractivity contribution is -0.124. The topological polar surface area (TPSA) is 49.4 Å². The molecule has 1 aliphatic carbocycles. The van der Waals surface area contributed by atoms with Gasteiger partial charge in [0.1, 0.15) is 0 Å². The molecule has 3 amide bonds. The van der Waals surface area contributed by atoms with Crippen molar-refractivity contribution < 1.29 is 9.59 Å². The Morgan fingerprint density at radius 2 is 1.89 bits per heavy atom. The van der Waals surface area contributed by atoms with Crippen molar-refractivity contribution in [3.05, 3.63) is 29.3 Å². The summed E-state index contributed by atoms with van der Waals surface area (Å²) in [6, 6.07) is 6.57. The molecule has 2 unspecified atom stereocenters. The fraction of sp³-hybridized carbons (Fsp3) is 0.429. The van der Waals surface area contributed by atoms with Crippen LogP contribution < -0.4 is 10.2 Å². The predicted octanol–water partition coefficient (Wildman–Crippen LogP) is 2.96. The fourth-order valence-electron chi connectivity index (χ4n) is 2.95. The molecule has 0 bridgehead atoms. The van der Waals surface area contributed by atoms with Crippen molar-refractivity contribution in [2.45, 2.75) is 31.7 Å². The third kappa shape index (κ3) is 2.10. The number of carbonyl (C=O) groups excluding carboxylic acids is 2. The minimum absolute atomic E-state index is 0.00696. The van der Waals surface area contributed by atoms with Crippen molar-refractivity contribution in [2.75, 3.05) is 4.90 Å². The fourth-order valence-corrected chi connectivity index (χ4v) is 3.17. The second kappa shape index (κ2) is 4.85. The van der Waals surface area contributed by atoms with Crippen LogP contribution in [0, 0.1) is 5.92 Å².